The van der Waals surface area contributed by atoms with Gasteiger partial charge in [-0.3, -0.25) is 14.4 Å². The number of Topliss-reactive ketones (excluding diaryl/α,β-unsaturated/α-hetero) is 1. The van der Waals surface area contributed by atoms with Gasteiger partial charge in [-0.05, 0) is 26.7 Å². The van der Waals surface area contributed by atoms with Crippen molar-refractivity contribution in [2.45, 2.75) is 26.7 Å². The molecular formula is C9H12O5. The molecule has 0 amide bonds. The van der Waals surface area contributed by atoms with Gasteiger partial charge in [0.2, 0.25) is 0 Å². The third kappa shape index (κ3) is 1.12. The van der Waals surface area contributed by atoms with Crippen molar-refractivity contribution in [1.82, 2.24) is 0 Å². The Bertz CT molecular complexity index is 291. The Labute approximate surface area is 80.7 Å². The largest absolute Gasteiger partial charge is 0.481 e. The van der Waals surface area contributed by atoms with Crippen LogP contribution in [0.4, 0.5) is 0 Å². The van der Waals surface area contributed by atoms with Crippen LogP contribution < -0.4 is 0 Å². The molecule has 1 rings (SSSR count). The second-order valence-corrected chi connectivity index (χ2v) is 4.10. The lowest BCUT2D eigenvalue weighted by atomic mass is 9.80. The molecule has 0 radical (unpaired) electrons. The van der Waals surface area contributed by atoms with Gasteiger partial charge in [-0.1, -0.05) is 0 Å². The highest BCUT2D eigenvalue weighted by molar-refractivity contribution is 6.15. The molecule has 1 aliphatic carbocycles. The Balaban J connectivity index is 3.12. The maximum absolute atomic E-state index is 11.7. The van der Waals surface area contributed by atoms with Crippen LogP contribution in [0.5, 0.6) is 0 Å². The first-order chi connectivity index (χ1) is 6.25. The second kappa shape index (κ2) is 2.80. The van der Waals surface area contributed by atoms with Crippen molar-refractivity contribution in [3.05, 3.63) is 0 Å². The van der Waals surface area contributed by atoms with E-state index in [9.17, 15) is 14.4 Å². The van der Waals surface area contributed by atoms with E-state index in [1.807, 2.05) is 0 Å². The van der Waals surface area contributed by atoms with E-state index in [2.05, 4.69) is 0 Å². The minimum absolute atomic E-state index is 0.0873. The molecule has 0 aromatic carbocycles. The summed E-state index contributed by atoms with van der Waals surface area (Å²) in [7, 11) is 0. The van der Waals surface area contributed by atoms with Crippen LogP contribution in [0.15, 0.2) is 0 Å². The lowest BCUT2D eigenvalue weighted by Crippen LogP contribution is -2.41. The van der Waals surface area contributed by atoms with Crippen LogP contribution in [-0.4, -0.2) is 27.9 Å². The SMILES string of the molecule is C[C@]1(C(=O)O)CC[C@](C)(C(=O)O)C1=O. The Kier molecular flexibility index (Phi) is 2.14. The molecule has 0 unspecified atom stereocenters. The summed E-state index contributed by atoms with van der Waals surface area (Å²) in [5, 5.41) is 17.7. The maximum atomic E-state index is 11.7. The van der Waals surface area contributed by atoms with E-state index in [0.717, 1.165) is 0 Å². The van der Waals surface area contributed by atoms with E-state index in [-0.39, 0.29) is 12.8 Å². The van der Waals surface area contributed by atoms with E-state index in [1.165, 1.54) is 13.8 Å². The number of hydrogen-bond donors (Lipinski definition) is 2. The predicted molar refractivity (Wildman–Crippen MR) is 45.7 cm³/mol. The lowest BCUT2D eigenvalue weighted by Gasteiger charge is -2.20. The summed E-state index contributed by atoms with van der Waals surface area (Å²) < 4.78 is 0. The van der Waals surface area contributed by atoms with Gasteiger partial charge in [-0.25, -0.2) is 0 Å². The van der Waals surface area contributed by atoms with Crippen molar-refractivity contribution < 1.29 is 24.6 Å². The maximum Gasteiger partial charge on any atom is 0.316 e. The molecule has 2 N–H and O–H groups in total. The molecule has 78 valence electrons. The van der Waals surface area contributed by atoms with Gasteiger partial charge in [0.1, 0.15) is 10.8 Å². The number of ketones is 1. The van der Waals surface area contributed by atoms with Gasteiger partial charge in [0.05, 0.1) is 0 Å². The third-order valence-electron chi connectivity index (χ3n) is 3.07. The minimum Gasteiger partial charge on any atom is -0.481 e. The summed E-state index contributed by atoms with van der Waals surface area (Å²) in [6.07, 6.45) is 0.175. The fourth-order valence-corrected chi connectivity index (χ4v) is 1.74. The number of carbonyl (C=O) groups excluding carboxylic acids is 1. The smallest absolute Gasteiger partial charge is 0.316 e. The number of aliphatic carboxylic acids is 2. The van der Waals surface area contributed by atoms with E-state index in [4.69, 9.17) is 10.2 Å². The fourth-order valence-electron chi connectivity index (χ4n) is 1.74. The summed E-state index contributed by atoms with van der Waals surface area (Å²) >= 11 is 0. The minimum atomic E-state index is -1.53. The van der Waals surface area contributed by atoms with Crippen LogP contribution in [0.25, 0.3) is 0 Å². The molecule has 2 atom stereocenters. The molecule has 0 aliphatic heterocycles. The van der Waals surface area contributed by atoms with Crippen molar-refractivity contribution in [2.24, 2.45) is 10.8 Å². The average molecular weight is 200 g/mol. The Morgan fingerprint density at radius 1 is 1.07 bits per heavy atom. The number of carboxylic acid groups (broad SMARTS) is 2. The first-order valence-electron chi connectivity index (χ1n) is 4.27. The molecule has 5 heteroatoms. The molecule has 5 nitrogen and oxygen atoms in total. The highest BCUT2D eigenvalue weighted by atomic mass is 16.4. The highest BCUT2D eigenvalue weighted by Crippen LogP contribution is 2.46. The zero-order valence-electron chi connectivity index (χ0n) is 8.03. The summed E-state index contributed by atoms with van der Waals surface area (Å²) in [5.74, 6) is -3.19. The molecular weight excluding hydrogens is 188 g/mol. The molecule has 14 heavy (non-hydrogen) atoms. The standard InChI is InChI=1S/C9H12O5/c1-8(6(11)12)3-4-9(2,5(8)10)7(13)14/h3-4H2,1-2H3,(H,11,12)(H,13,14)/t8-,9-/m0/s1. The van der Waals surface area contributed by atoms with Crippen LogP contribution in [0.2, 0.25) is 0 Å². The molecule has 0 bridgehead atoms. The lowest BCUT2D eigenvalue weighted by molar-refractivity contribution is -0.158. The molecule has 0 aromatic heterocycles. The quantitative estimate of drug-likeness (QED) is 0.634. The summed E-state index contributed by atoms with van der Waals surface area (Å²) in [6.45, 7) is 2.57. The van der Waals surface area contributed by atoms with Gasteiger partial charge in [0.15, 0.2) is 5.78 Å². The highest BCUT2D eigenvalue weighted by Gasteiger charge is 2.59. The fraction of sp³-hybridized carbons (Fsp3) is 0.667. The van der Waals surface area contributed by atoms with Crippen molar-refractivity contribution in [3.63, 3.8) is 0 Å². The Hall–Kier alpha value is -1.39. The number of rotatable bonds is 2. The monoisotopic (exact) mass is 200 g/mol. The molecule has 1 fully saturated rings. The van der Waals surface area contributed by atoms with Crippen molar-refractivity contribution >= 4 is 17.7 Å². The molecule has 1 saturated carbocycles. The summed E-state index contributed by atoms with van der Waals surface area (Å²) in [4.78, 5) is 33.3. The first-order valence-corrected chi connectivity index (χ1v) is 4.27. The molecule has 0 saturated heterocycles. The van der Waals surface area contributed by atoms with Crippen LogP contribution in [0.1, 0.15) is 26.7 Å². The molecule has 0 aromatic rings. The van der Waals surface area contributed by atoms with Crippen molar-refractivity contribution in [1.29, 1.82) is 0 Å². The third-order valence-corrected chi connectivity index (χ3v) is 3.07. The summed E-state index contributed by atoms with van der Waals surface area (Å²) in [5.41, 5.74) is -3.07. The van der Waals surface area contributed by atoms with Gasteiger partial charge in [0.25, 0.3) is 0 Å². The molecule has 0 spiro atoms. The van der Waals surface area contributed by atoms with Gasteiger partial charge >= 0.3 is 11.9 Å². The topological polar surface area (TPSA) is 91.7 Å². The van der Waals surface area contributed by atoms with Crippen molar-refractivity contribution in [3.8, 4) is 0 Å². The Morgan fingerprint density at radius 3 is 1.50 bits per heavy atom. The predicted octanol–water partition coefficient (Wildman–Crippen LogP) is 0.531. The zero-order chi connectivity index (χ0) is 11.1. The van der Waals surface area contributed by atoms with Gasteiger partial charge in [0, 0.05) is 0 Å². The van der Waals surface area contributed by atoms with Crippen LogP contribution in [0, 0.1) is 10.8 Å². The van der Waals surface area contributed by atoms with Gasteiger partial charge in [-0.2, -0.15) is 0 Å². The van der Waals surface area contributed by atoms with E-state index in [1.54, 1.807) is 0 Å². The normalized spacial score (nSPS) is 37.1. The Morgan fingerprint density at radius 2 is 1.36 bits per heavy atom. The molecule has 0 heterocycles. The number of carbonyl (C=O) groups is 3. The van der Waals surface area contributed by atoms with Gasteiger partial charge < -0.3 is 10.2 Å². The van der Waals surface area contributed by atoms with Crippen LogP contribution >= 0.6 is 0 Å². The van der Waals surface area contributed by atoms with E-state index >= 15 is 0 Å². The zero-order valence-corrected chi connectivity index (χ0v) is 8.03. The number of hydrogen-bond acceptors (Lipinski definition) is 3. The average Bonchev–Trinajstić information content (AvgIpc) is 2.32. The van der Waals surface area contributed by atoms with E-state index < -0.39 is 28.6 Å². The number of carboxylic acids is 2. The van der Waals surface area contributed by atoms with Gasteiger partial charge in [-0.15, -0.1) is 0 Å². The first kappa shape index (κ1) is 10.7. The van der Waals surface area contributed by atoms with Crippen LogP contribution in [0.3, 0.4) is 0 Å². The van der Waals surface area contributed by atoms with E-state index in [0.29, 0.717) is 0 Å². The summed E-state index contributed by atoms with van der Waals surface area (Å²) in [6, 6.07) is 0. The van der Waals surface area contributed by atoms with Crippen molar-refractivity contribution in [2.75, 3.05) is 0 Å². The van der Waals surface area contributed by atoms with Crippen LogP contribution in [-0.2, 0) is 14.4 Å². The second-order valence-electron chi connectivity index (χ2n) is 4.10. The molecule has 1 aliphatic rings.